The summed E-state index contributed by atoms with van der Waals surface area (Å²) in [4.78, 5) is 26.3. The molecule has 1 aliphatic heterocycles. The Labute approximate surface area is 123 Å². The fraction of sp³-hybridized carbons (Fsp3) is 0.176. The Bertz CT molecular complexity index is 681. The maximum Gasteiger partial charge on any atom is 0.333 e. The predicted octanol–water partition coefficient (Wildman–Crippen LogP) is 2.56. The van der Waals surface area contributed by atoms with Gasteiger partial charge in [0, 0.05) is 12.1 Å². The molecule has 0 radical (unpaired) electrons. The molecule has 0 bridgehead atoms. The largest absolute Gasteiger partial charge is 0.467 e. The number of hydrogen-bond acceptors (Lipinski definition) is 3. The van der Waals surface area contributed by atoms with Gasteiger partial charge in [-0.1, -0.05) is 48.5 Å². The topological polar surface area (TPSA) is 46.6 Å². The van der Waals surface area contributed by atoms with Crippen LogP contribution < -0.4 is 0 Å². The molecule has 106 valence electrons. The van der Waals surface area contributed by atoms with Crippen LogP contribution in [0.5, 0.6) is 0 Å². The Morgan fingerprint density at radius 1 is 1.10 bits per heavy atom. The summed E-state index contributed by atoms with van der Waals surface area (Å²) in [6.07, 6.45) is 0. The summed E-state index contributed by atoms with van der Waals surface area (Å²) in [5, 5.41) is 0. The molecule has 0 fully saturated rings. The molecular weight excluding hydrogens is 266 g/mol. The van der Waals surface area contributed by atoms with E-state index in [1.54, 1.807) is 11.0 Å². The molecule has 0 N–H and O–H groups in total. The van der Waals surface area contributed by atoms with Crippen molar-refractivity contribution in [3.05, 3.63) is 71.3 Å². The molecular formula is C17H15NO3. The van der Waals surface area contributed by atoms with Crippen molar-refractivity contribution in [2.24, 2.45) is 0 Å². The molecule has 0 aromatic heterocycles. The van der Waals surface area contributed by atoms with Crippen LogP contribution in [0.2, 0.25) is 0 Å². The molecule has 0 unspecified atom stereocenters. The van der Waals surface area contributed by atoms with Crippen molar-refractivity contribution in [1.82, 2.24) is 4.90 Å². The monoisotopic (exact) mass is 281 g/mol. The summed E-state index contributed by atoms with van der Waals surface area (Å²) in [6, 6.07) is 15.9. The average Bonchev–Trinajstić information content (AvgIpc) is 2.86. The van der Waals surface area contributed by atoms with Crippen LogP contribution in [0.4, 0.5) is 0 Å². The van der Waals surface area contributed by atoms with Crippen LogP contribution in [0.25, 0.3) is 0 Å². The quantitative estimate of drug-likeness (QED) is 0.812. The number of rotatable bonds is 3. The van der Waals surface area contributed by atoms with E-state index >= 15 is 0 Å². The molecule has 1 heterocycles. The van der Waals surface area contributed by atoms with Crippen molar-refractivity contribution < 1.29 is 14.3 Å². The first-order chi connectivity index (χ1) is 10.2. The molecule has 0 saturated carbocycles. The second-order valence-corrected chi connectivity index (χ2v) is 4.93. The Morgan fingerprint density at radius 2 is 1.76 bits per heavy atom. The SMILES string of the molecule is COC(=O)[C@H](c1ccccc1)N1Cc2ccccc2C1=O. The minimum absolute atomic E-state index is 0.134. The molecule has 1 amide bonds. The van der Waals surface area contributed by atoms with Crippen LogP contribution in [0.3, 0.4) is 0 Å². The minimum Gasteiger partial charge on any atom is -0.467 e. The fourth-order valence-electron chi connectivity index (χ4n) is 2.68. The van der Waals surface area contributed by atoms with E-state index in [1.807, 2.05) is 48.5 Å². The number of ether oxygens (including phenoxy) is 1. The van der Waals surface area contributed by atoms with Gasteiger partial charge >= 0.3 is 5.97 Å². The Hall–Kier alpha value is -2.62. The zero-order chi connectivity index (χ0) is 14.8. The van der Waals surface area contributed by atoms with Crippen molar-refractivity contribution in [2.75, 3.05) is 7.11 Å². The van der Waals surface area contributed by atoms with Crippen LogP contribution in [0.1, 0.15) is 27.5 Å². The number of amides is 1. The molecule has 0 spiro atoms. The first-order valence-corrected chi connectivity index (χ1v) is 6.74. The predicted molar refractivity (Wildman–Crippen MR) is 77.5 cm³/mol. The lowest BCUT2D eigenvalue weighted by Gasteiger charge is -2.25. The lowest BCUT2D eigenvalue weighted by Crippen LogP contribution is -2.35. The van der Waals surface area contributed by atoms with E-state index in [4.69, 9.17) is 4.74 Å². The van der Waals surface area contributed by atoms with E-state index in [0.29, 0.717) is 12.1 Å². The van der Waals surface area contributed by atoms with Gasteiger partial charge in [0.1, 0.15) is 0 Å². The summed E-state index contributed by atoms with van der Waals surface area (Å²) in [7, 11) is 1.34. The lowest BCUT2D eigenvalue weighted by molar-refractivity contribution is -0.146. The van der Waals surface area contributed by atoms with Gasteiger partial charge in [0.15, 0.2) is 6.04 Å². The highest BCUT2D eigenvalue weighted by Crippen LogP contribution is 2.31. The van der Waals surface area contributed by atoms with Crippen molar-refractivity contribution in [2.45, 2.75) is 12.6 Å². The minimum atomic E-state index is -0.712. The first kappa shape index (κ1) is 13.4. The standard InChI is InChI=1S/C17H15NO3/c1-21-17(20)15(12-7-3-2-4-8-12)18-11-13-9-5-6-10-14(13)16(18)19/h2-10,15H,11H2,1H3/t15-/m0/s1. The Kier molecular flexibility index (Phi) is 3.44. The van der Waals surface area contributed by atoms with E-state index in [1.165, 1.54) is 7.11 Å². The molecule has 0 saturated heterocycles. The molecule has 3 rings (SSSR count). The van der Waals surface area contributed by atoms with Gasteiger partial charge in [0.05, 0.1) is 7.11 Å². The van der Waals surface area contributed by atoms with Crippen molar-refractivity contribution in [3.8, 4) is 0 Å². The number of benzene rings is 2. The maximum atomic E-state index is 12.6. The highest BCUT2D eigenvalue weighted by atomic mass is 16.5. The van der Waals surface area contributed by atoms with Crippen LogP contribution in [0.15, 0.2) is 54.6 Å². The highest BCUT2D eigenvalue weighted by Gasteiger charge is 2.37. The van der Waals surface area contributed by atoms with Gasteiger partial charge in [-0.15, -0.1) is 0 Å². The van der Waals surface area contributed by atoms with Gasteiger partial charge in [-0.25, -0.2) is 4.79 Å². The maximum absolute atomic E-state index is 12.6. The number of hydrogen-bond donors (Lipinski definition) is 0. The van der Waals surface area contributed by atoms with Gasteiger partial charge < -0.3 is 9.64 Å². The Balaban J connectivity index is 2.00. The van der Waals surface area contributed by atoms with Gasteiger partial charge in [-0.3, -0.25) is 4.79 Å². The van der Waals surface area contributed by atoms with Crippen molar-refractivity contribution >= 4 is 11.9 Å². The molecule has 0 aliphatic carbocycles. The number of carbonyl (C=O) groups is 2. The third kappa shape index (κ3) is 2.29. The number of esters is 1. The van der Waals surface area contributed by atoms with Crippen LogP contribution in [-0.4, -0.2) is 23.9 Å². The zero-order valence-electron chi connectivity index (χ0n) is 11.7. The second kappa shape index (κ2) is 5.40. The van der Waals surface area contributed by atoms with E-state index < -0.39 is 12.0 Å². The molecule has 4 nitrogen and oxygen atoms in total. The van der Waals surface area contributed by atoms with Crippen LogP contribution in [0, 0.1) is 0 Å². The van der Waals surface area contributed by atoms with Crippen LogP contribution in [-0.2, 0) is 16.1 Å². The van der Waals surface area contributed by atoms with Gasteiger partial charge in [0.25, 0.3) is 5.91 Å². The average molecular weight is 281 g/mol. The van der Waals surface area contributed by atoms with Crippen LogP contribution >= 0.6 is 0 Å². The summed E-state index contributed by atoms with van der Waals surface area (Å²) in [6.45, 7) is 0.420. The van der Waals surface area contributed by atoms with E-state index in [2.05, 4.69) is 0 Å². The highest BCUT2D eigenvalue weighted by molar-refractivity contribution is 6.00. The summed E-state index contributed by atoms with van der Waals surface area (Å²) >= 11 is 0. The van der Waals surface area contributed by atoms with Gasteiger partial charge in [0.2, 0.25) is 0 Å². The molecule has 2 aromatic rings. The fourth-order valence-corrected chi connectivity index (χ4v) is 2.68. The Morgan fingerprint density at radius 3 is 2.43 bits per heavy atom. The third-order valence-electron chi connectivity index (χ3n) is 3.70. The second-order valence-electron chi connectivity index (χ2n) is 4.93. The number of carbonyl (C=O) groups excluding carboxylic acids is 2. The number of methoxy groups -OCH3 is 1. The van der Waals surface area contributed by atoms with E-state index in [9.17, 15) is 9.59 Å². The van der Waals surface area contributed by atoms with Crippen molar-refractivity contribution in [1.29, 1.82) is 0 Å². The zero-order valence-corrected chi connectivity index (χ0v) is 11.7. The molecule has 1 aliphatic rings. The van der Waals surface area contributed by atoms with Gasteiger partial charge in [-0.2, -0.15) is 0 Å². The molecule has 1 atom stereocenters. The molecule has 2 aromatic carbocycles. The smallest absolute Gasteiger partial charge is 0.333 e. The first-order valence-electron chi connectivity index (χ1n) is 6.74. The third-order valence-corrected chi connectivity index (χ3v) is 3.70. The summed E-state index contributed by atoms with van der Waals surface area (Å²) in [5.74, 6) is -0.563. The molecule has 4 heteroatoms. The normalized spacial score (nSPS) is 14.7. The van der Waals surface area contributed by atoms with Gasteiger partial charge in [-0.05, 0) is 17.2 Å². The van der Waals surface area contributed by atoms with Crippen molar-refractivity contribution in [3.63, 3.8) is 0 Å². The van der Waals surface area contributed by atoms with E-state index in [-0.39, 0.29) is 5.91 Å². The lowest BCUT2D eigenvalue weighted by atomic mass is 10.1. The van der Waals surface area contributed by atoms with E-state index in [0.717, 1.165) is 11.1 Å². The number of fused-ring (bicyclic) bond motifs is 1. The molecule has 21 heavy (non-hydrogen) atoms. The summed E-state index contributed by atoms with van der Waals surface area (Å²) in [5.41, 5.74) is 2.35. The summed E-state index contributed by atoms with van der Waals surface area (Å²) < 4.78 is 4.89. The number of nitrogens with zero attached hydrogens (tertiary/aromatic N) is 1.